The van der Waals surface area contributed by atoms with E-state index in [0.29, 0.717) is 23.7 Å². The van der Waals surface area contributed by atoms with Crippen LogP contribution in [0.15, 0.2) is 24.3 Å². The van der Waals surface area contributed by atoms with Gasteiger partial charge in [-0.3, -0.25) is 4.79 Å². The summed E-state index contributed by atoms with van der Waals surface area (Å²) in [4.78, 5) is 16.0. The second kappa shape index (κ2) is 6.25. The molecule has 7 heteroatoms. The molecule has 134 valence electrons. The van der Waals surface area contributed by atoms with E-state index in [1.54, 1.807) is 7.11 Å². The molecule has 1 aromatic carbocycles. The summed E-state index contributed by atoms with van der Waals surface area (Å²) < 4.78 is 5.43. The fraction of sp³-hybridized carbons (Fsp3) is 0.316. The number of thiophene rings is 1. The van der Waals surface area contributed by atoms with E-state index in [0.717, 1.165) is 32.8 Å². The number of aromatic nitrogens is 2. The number of aryl methyl sites for hydroxylation is 2. The van der Waals surface area contributed by atoms with Crippen molar-refractivity contribution < 1.29 is 9.53 Å². The van der Waals surface area contributed by atoms with Crippen LogP contribution < -0.4 is 10.5 Å². The van der Waals surface area contributed by atoms with Gasteiger partial charge in [-0.1, -0.05) is 18.2 Å². The zero-order valence-electron chi connectivity index (χ0n) is 14.9. The molecule has 3 aromatic rings. The van der Waals surface area contributed by atoms with Gasteiger partial charge in [0.25, 0.3) is 5.91 Å². The molecule has 0 spiro atoms. The zero-order chi connectivity index (χ0) is 18.4. The molecule has 1 amide bonds. The van der Waals surface area contributed by atoms with Gasteiger partial charge in [-0.25, -0.2) is 0 Å². The standard InChI is InChI=1S/C19H20N4O2S/c1-10-11(2)21-22-18-15(10)16(20)17(26-18)19(24)23-8-12(9-23)13-6-4-5-7-14(13)25-3/h4-7,12H,8-9,20H2,1-3H3. The smallest absolute Gasteiger partial charge is 0.266 e. The van der Waals surface area contributed by atoms with Gasteiger partial charge in [-0.2, -0.15) is 5.10 Å². The monoisotopic (exact) mass is 368 g/mol. The third-order valence-corrected chi connectivity index (χ3v) is 6.15. The summed E-state index contributed by atoms with van der Waals surface area (Å²) in [6.07, 6.45) is 0. The lowest BCUT2D eigenvalue weighted by Gasteiger charge is -2.39. The normalized spacial score (nSPS) is 14.5. The quantitative estimate of drug-likeness (QED) is 0.768. The minimum atomic E-state index is -0.0336. The molecule has 2 N–H and O–H groups in total. The Morgan fingerprint density at radius 2 is 2.00 bits per heavy atom. The molecule has 0 saturated carbocycles. The number of anilines is 1. The van der Waals surface area contributed by atoms with Gasteiger partial charge in [0.05, 0.1) is 18.5 Å². The van der Waals surface area contributed by atoms with Crippen LogP contribution in [-0.4, -0.2) is 41.2 Å². The molecule has 4 rings (SSSR count). The molecule has 3 heterocycles. The highest BCUT2D eigenvalue weighted by Crippen LogP contribution is 2.39. The summed E-state index contributed by atoms with van der Waals surface area (Å²) in [7, 11) is 1.67. The maximum atomic E-state index is 12.9. The average molecular weight is 368 g/mol. The van der Waals surface area contributed by atoms with Crippen molar-refractivity contribution in [3.8, 4) is 5.75 Å². The van der Waals surface area contributed by atoms with Gasteiger partial charge < -0.3 is 15.4 Å². The van der Waals surface area contributed by atoms with Gasteiger partial charge in [0.15, 0.2) is 0 Å². The highest BCUT2D eigenvalue weighted by molar-refractivity contribution is 7.21. The number of rotatable bonds is 3. The van der Waals surface area contributed by atoms with Crippen molar-refractivity contribution in [3.05, 3.63) is 46.0 Å². The summed E-state index contributed by atoms with van der Waals surface area (Å²) in [5.74, 6) is 1.12. The van der Waals surface area contributed by atoms with E-state index in [1.807, 2.05) is 36.9 Å². The molecule has 1 aliphatic heterocycles. The number of fused-ring (bicyclic) bond motifs is 1. The van der Waals surface area contributed by atoms with E-state index < -0.39 is 0 Å². The fourth-order valence-electron chi connectivity index (χ4n) is 3.39. The number of carbonyl (C=O) groups excluding carboxylic acids is 1. The number of amides is 1. The van der Waals surface area contributed by atoms with Gasteiger partial charge in [0.2, 0.25) is 0 Å². The Morgan fingerprint density at radius 3 is 2.73 bits per heavy atom. The predicted octanol–water partition coefficient (Wildman–Crippen LogP) is 3.14. The lowest BCUT2D eigenvalue weighted by molar-refractivity contribution is 0.0606. The minimum Gasteiger partial charge on any atom is -0.496 e. The van der Waals surface area contributed by atoms with Crippen molar-refractivity contribution in [2.75, 3.05) is 25.9 Å². The number of hydrogen-bond acceptors (Lipinski definition) is 6. The molecular formula is C19H20N4O2S. The molecule has 1 aliphatic rings. The Bertz CT molecular complexity index is 1010. The van der Waals surface area contributed by atoms with Crippen LogP contribution in [0.3, 0.4) is 0 Å². The summed E-state index contributed by atoms with van der Waals surface area (Å²) in [5, 5.41) is 9.19. The lowest BCUT2D eigenvalue weighted by atomic mass is 9.90. The Labute approximate surface area is 155 Å². The van der Waals surface area contributed by atoms with Crippen LogP contribution in [0.5, 0.6) is 5.75 Å². The van der Waals surface area contributed by atoms with Crippen LogP contribution in [0.2, 0.25) is 0 Å². The first kappa shape index (κ1) is 16.8. The van der Waals surface area contributed by atoms with Gasteiger partial charge in [-0.05, 0) is 25.5 Å². The van der Waals surface area contributed by atoms with Gasteiger partial charge in [0, 0.05) is 30.0 Å². The molecule has 0 radical (unpaired) electrons. The number of likely N-dealkylation sites (tertiary alicyclic amines) is 1. The summed E-state index contributed by atoms with van der Waals surface area (Å²) in [6, 6.07) is 7.96. The molecule has 1 fully saturated rings. The molecule has 0 unspecified atom stereocenters. The second-order valence-electron chi connectivity index (χ2n) is 6.58. The first-order chi connectivity index (χ1) is 12.5. The average Bonchev–Trinajstić information content (AvgIpc) is 2.94. The first-order valence-electron chi connectivity index (χ1n) is 8.45. The van der Waals surface area contributed by atoms with Crippen LogP contribution in [0.25, 0.3) is 10.2 Å². The SMILES string of the molecule is COc1ccccc1C1CN(C(=O)c2sc3nnc(C)c(C)c3c2N)C1. The number of hydrogen-bond donors (Lipinski definition) is 1. The van der Waals surface area contributed by atoms with Gasteiger partial charge in [0.1, 0.15) is 15.5 Å². The molecule has 2 aromatic heterocycles. The maximum absolute atomic E-state index is 12.9. The van der Waals surface area contributed by atoms with Crippen molar-refractivity contribution in [2.24, 2.45) is 0 Å². The number of nitrogen functional groups attached to an aromatic ring is 1. The molecule has 0 atom stereocenters. The predicted molar refractivity (Wildman–Crippen MR) is 103 cm³/mol. The zero-order valence-corrected chi connectivity index (χ0v) is 15.8. The van der Waals surface area contributed by atoms with E-state index in [-0.39, 0.29) is 11.8 Å². The van der Waals surface area contributed by atoms with E-state index in [1.165, 1.54) is 11.3 Å². The van der Waals surface area contributed by atoms with Crippen molar-refractivity contribution in [3.63, 3.8) is 0 Å². The van der Waals surface area contributed by atoms with E-state index in [9.17, 15) is 4.79 Å². The summed E-state index contributed by atoms with van der Waals surface area (Å²) >= 11 is 1.32. The number of nitrogens with two attached hydrogens (primary N) is 1. The van der Waals surface area contributed by atoms with Crippen LogP contribution >= 0.6 is 11.3 Å². The van der Waals surface area contributed by atoms with Crippen molar-refractivity contribution >= 4 is 33.1 Å². The second-order valence-corrected chi connectivity index (χ2v) is 7.58. The van der Waals surface area contributed by atoms with Crippen LogP contribution in [0.1, 0.15) is 32.4 Å². The minimum absolute atomic E-state index is 0.0336. The number of methoxy groups -OCH3 is 1. The third-order valence-electron chi connectivity index (χ3n) is 5.08. The van der Waals surface area contributed by atoms with E-state index >= 15 is 0 Å². The molecule has 0 aliphatic carbocycles. The van der Waals surface area contributed by atoms with Crippen molar-refractivity contribution in [1.29, 1.82) is 0 Å². The van der Waals surface area contributed by atoms with Crippen LogP contribution in [0, 0.1) is 13.8 Å². The van der Waals surface area contributed by atoms with Crippen LogP contribution in [0.4, 0.5) is 5.69 Å². The summed E-state index contributed by atoms with van der Waals surface area (Å²) in [5.41, 5.74) is 9.77. The maximum Gasteiger partial charge on any atom is 0.266 e. The lowest BCUT2D eigenvalue weighted by Crippen LogP contribution is -2.48. The van der Waals surface area contributed by atoms with Gasteiger partial charge >= 0.3 is 0 Å². The molecule has 26 heavy (non-hydrogen) atoms. The molecule has 1 saturated heterocycles. The highest BCUT2D eigenvalue weighted by Gasteiger charge is 2.35. The van der Waals surface area contributed by atoms with Crippen LogP contribution in [-0.2, 0) is 0 Å². The highest BCUT2D eigenvalue weighted by atomic mass is 32.1. The van der Waals surface area contributed by atoms with Crippen molar-refractivity contribution in [1.82, 2.24) is 15.1 Å². The Hall–Kier alpha value is -2.67. The third kappa shape index (κ3) is 2.50. The number of ether oxygens (including phenoxy) is 1. The fourth-order valence-corrected chi connectivity index (χ4v) is 4.46. The molecule has 0 bridgehead atoms. The Kier molecular flexibility index (Phi) is 4.03. The van der Waals surface area contributed by atoms with E-state index in [2.05, 4.69) is 16.3 Å². The van der Waals surface area contributed by atoms with Gasteiger partial charge in [-0.15, -0.1) is 16.4 Å². The van der Waals surface area contributed by atoms with E-state index in [4.69, 9.17) is 10.5 Å². The van der Waals surface area contributed by atoms with Crippen molar-refractivity contribution in [2.45, 2.75) is 19.8 Å². The number of para-hydroxylation sites is 1. The Balaban J connectivity index is 1.58. The summed E-state index contributed by atoms with van der Waals surface area (Å²) in [6.45, 7) is 5.19. The number of carbonyl (C=O) groups is 1. The Morgan fingerprint density at radius 1 is 1.27 bits per heavy atom. The molecular weight excluding hydrogens is 348 g/mol. The first-order valence-corrected chi connectivity index (χ1v) is 9.27. The number of nitrogens with zero attached hydrogens (tertiary/aromatic N) is 3. The topological polar surface area (TPSA) is 81.3 Å². The largest absolute Gasteiger partial charge is 0.496 e. The number of benzene rings is 1. The molecule has 6 nitrogen and oxygen atoms in total.